The van der Waals surface area contributed by atoms with Crippen LogP contribution >= 0.6 is 15.9 Å². The molecule has 108 valence electrons. The van der Waals surface area contributed by atoms with Crippen LogP contribution in [0.3, 0.4) is 0 Å². The Labute approximate surface area is 132 Å². The number of nitriles is 1. The first-order chi connectivity index (χ1) is 9.87. The zero-order chi connectivity index (χ0) is 15.6. The van der Waals surface area contributed by atoms with Crippen molar-refractivity contribution in [3.63, 3.8) is 0 Å². The summed E-state index contributed by atoms with van der Waals surface area (Å²) in [5.41, 5.74) is 1.63. The standard InChI is InChI=1S/C15H13BrN2O2S/c1-11-7-8-15(13(16)9-11)21(19,20)18(2)14-6-4-3-5-12(14)10-17/h3-9H,1-2H3. The van der Waals surface area contributed by atoms with Gasteiger partial charge in [-0.2, -0.15) is 5.26 Å². The Morgan fingerprint density at radius 3 is 2.48 bits per heavy atom. The van der Waals surface area contributed by atoms with Gasteiger partial charge in [0.25, 0.3) is 10.0 Å². The molecular formula is C15H13BrN2O2S. The largest absolute Gasteiger partial charge is 0.268 e. The van der Waals surface area contributed by atoms with Crippen LogP contribution in [-0.4, -0.2) is 15.5 Å². The van der Waals surface area contributed by atoms with Crippen molar-refractivity contribution in [3.05, 3.63) is 58.1 Å². The number of nitrogens with zero attached hydrogens (tertiary/aromatic N) is 2. The highest BCUT2D eigenvalue weighted by Crippen LogP contribution is 2.29. The number of aryl methyl sites for hydroxylation is 1. The zero-order valence-electron chi connectivity index (χ0n) is 11.5. The van der Waals surface area contributed by atoms with Crippen LogP contribution in [0.5, 0.6) is 0 Å². The maximum absolute atomic E-state index is 12.7. The van der Waals surface area contributed by atoms with E-state index >= 15 is 0 Å². The van der Waals surface area contributed by atoms with Crippen LogP contribution in [-0.2, 0) is 10.0 Å². The van der Waals surface area contributed by atoms with Gasteiger partial charge in [0.1, 0.15) is 11.0 Å². The van der Waals surface area contributed by atoms with E-state index in [2.05, 4.69) is 15.9 Å². The molecule has 4 nitrogen and oxygen atoms in total. The van der Waals surface area contributed by atoms with Crippen molar-refractivity contribution in [2.75, 3.05) is 11.4 Å². The van der Waals surface area contributed by atoms with E-state index in [0.29, 0.717) is 15.7 Å². The summed E-state index contributed by atoms with van der Waals surface area (Å²) in [6.07, 6.45) is 0. The minimum Gasteiger partial charge on any atom is -0.268 e. The predicted octanol–water partition coefficient (Wildman–Crippen LogP) is 3.45. The zero-order valence-corrected chi connectivity index (χ0v) is 13.9. The molecule has 2 rings (SSSR count). The van der Waals surface area contributed by atoms with Gasteiger partial charge in [-0.25, -0.2) is 8.42 Å². The van der Waals surface area contributed by atoms with E-state index in [1.807, 2.05) is 13.0 Å². The van der Waals surface area contributed by atoms with Gasteiger partial charge in [-0.05, 0) is 52.7 Å². The van der Waals surface area contributed by atoms with Crippen LogP contribution in [0, 0.1) is 18.3 Å². The molecule has 6 heteroatoms. The lowest BCUT2D eigenvalue weighted by Gasteiger charge is -2.21. The Hall–Kier alpha value is -1.84. The maximum atomic E-state index is 12.7. The first-order valence-corrected chi connectivity index (χ1v) is 8.35. The van der Waals surface area contributed by atoms with Gasteiger partial charge in [0.2, 0.25) is 0 Å². The maximum Gasteiger partial charge on any atom is 0.265 e. The molecule has 0 amide bonds. The lowest BCUT2D eigenvalue weighted by atomic mass is 10.2. The third-order valence-electron chi connectivity index (χ3n) is 3.09. The molecule has 0 N–H and O–H groups in total. The van der Waals surface area contributed by atoms with Crippen LogP contribution < -0.4 is 4.31 Å². The minimum absolute atomic E-state index is 0.170. The second-order valence-corrected chi connectivity index (χ2v) is 7.33. The molecule has 0 aromatic heterocycles. The number of rotatable bonds is 3. The highest BCUT2D eigenvalue weighted by atomic mass is 79.9. The van der Waals surface area contributed by atoms with Gasteiger partial charge in [-0.1, -0.05) is 18.2 Å². The highest BCUT2D eigenvalue weighted by molar-refractivity contribution is 9.10. The quantitative estimate of drug-likeness (QED) is 0.837. The van der Waals surface area contributed by atoms with Crippen molar-refractivity contribution >= 4 is 31.6 Å². The highest BCUT2D eigenvalue weighted by Gasteiger charge is 2.25. The molecular weight excluding hydrogens is 352 g/mol. The lowest BCUT2D eigenvalue weighted by Crippen LogP contribution is -2.27. The molecule has 0 atom stereocenters. The first-order valence-electron chi connectivity index (χ1n) is 6.12. The summed E-state index contributed by atoms with van der Waals surface area (Å²) >= 11 is 3.29. The molecule has 2 aromatic carbocycles. The summed E-state index contributed by atoms with van der Waals surface area (Å²) in [5.74, 6) is 0. The monoisotopic (exact) mass is 364 g/mol. The average Bonchev–Trinajstić information content (AvgIpc) is 2.46. The Morgan fingerprint density at radius 1 is 1.19 bits per heavy atom. The fraction of sp³-hybridized carbons (Fsp3) is 0.133. The van der Waals surface area contributed by atoms with Gasteiger partial charge < -0.3 is 0 Å². The van der Waals surface area contributed by atoms with E-state index in [1.54, 1.807) is 42.5 Å². The summed E-state index contributed by atoms with van der Waals surface area (Å²) in [7, 11) is -2.29. The molecule has 2 aromatic rings. The van der Waals surface area contributed by atoms with E-state index in [-0.39, 0.29) is 4.90 Å². The Kier molecular flexibility index (Phi) is 4.35. The van der Waals surface area contributed by atoms with Gasteiger partial charge >= 0.3 is 0 Å². The summed E-state index contributed by atoms with van der Waals surface area (Å²) in [5, 5.41) is 9.11. The van der Waals surface area contributed by atoms with E-state index in [0.717, 1.165) is 9.87 Å². The molecule has 0 fully saturated rings. The Morgan fingerprint density at radius 2 is 1.86 bits per heavy atom. The molecule has 0 aliphatic carbocycles. The lowest BCUT2D eigenvalue weighted by molar-refractivity contribution is 0.594. The molecule has 21 heavy (non-hydrogen) atoms. The van der Waals surface area contributed by atoms with Crippen LogP contribution in [0.15, 0.2) is 51.8 Å². The second kappa shape index (κ2) is 5.88. The fourth-order valence-corrected chi connectivity index (χ4v) is 4.30. The minimum atomic E-state index is -3.74. The molecule has 0 unspecified atom stereocenters. The van der Waals surface area contributed by atoms with E-state index in [9.17, 15) is 8.42 Å². The fourth-order valence-electron chi connectivity index (χ4n) is 1.93. The summed E-state index contributed by atoms with van der Waals surface area (Å²) < 4.78 is 27.1. The van der Waals surface area contributed by atoms with Gasteiger partial charge in [0.15, 0.2) is 0 Å². The number of hydrogen-bond acceptors (Lipinski definition) is 3. The molecule has 0 radical (unpaired) electrons. The number of benzene rings is 2. The second-order valence-electron chi connectivity index (χ2n) is 4.54. The predicted molar refractivity (Wildman–Crippen MR) is 85.6 cm³/mol. The molecule has 0 spiro atoms. The van der Waals surface area contributed by atoms with Gasteiger partial charge in [0.05, 0.1) is 11.3 Å². The number of halogens is 1. The van der Waals surface area contributed by atoms with Crippen LogP contribution in [0.25, 0.3) is 0 Å². The topological polar surface area (TPSA) is 61.2 Å². The third kappa shape index (κ3) is 2.94. The molecule has 0 aliphatic heterocycles. The van der Waals surface area contributed by atoms with Crippen molar-refractivity contribution in [1.82, 2.24) is 0 Å². The first kappa shape index (κ1) is 15.5. The molecule has 0 bridgehead atoms. The van der Waals surface area contributed by atoms with Crippen molar-refractivity contribution in [1.29, 1.82) is 5.26 Å². The van der Waals surface area contributed by atoms with Gasteiger partial charge in [-0.15, -0.1) is 0 Å². The van der Waals surface area contributed by atoms with Gasteiger partial charge in [0, 0.05) is 11.5 Å². The molecule has 0 saturated heterocycles. The van der Waals surface area contributed by atoms with Crippen molar-refractivity contribution in [3.8, 4) is 6.07 Å². The number of anilines is 1. The summed E-state index contributed by atoms with van der Waals surface area (Å²) in [4.78, 5) is 0.170. The van der Waals surface area contributed by atoms with Crippen LogP contribution in [0.1, 0.15) is 11.1 Å². The molecule has 0 aliphatic rings. The summed E-state index contributed by atoms with van der Waals surface area (Å²) in [6.45, 7) is 1.88. The molecule has 0 saturated carbocycles. The Balaban J connectivity index is 2.56. The molecule has 0 heterocycles. The van der Waals surface area contributed by atoms with Gasteiger partial charge in [-0.3, -0.25) is 4.31 Å². The number of sulfonamides is 1. The van der Waals surface area contributed by atoms with Crippen molar-refractivity contribution in [2.45, 2.75) is 11.8 Å². The smallest absolute Gasteiger partial charge is 0.265 e. The third-order valence-corrected chi connectivity index (χ3v) is 5.84. The SMILES string of the molecule is Cc1ccc(S(=O)(=O)N(C)c2ccccc2C#N)c(Br)c1. The van der Waals surface area contributed by atoms with E-state index < -0.39 is 10.0 Å². The van der Waals surface area contributed by atoms with Crippen LogP contribution in [0.4, 0.5) is 5.69 Å². The number of para-hydroxylation sites is 1. The average molecular weight is 365 g/mol. The number of hydrogen-bond donors (Lipinski definition) is 0. The van der Waals surface area contributed by atoms with E-state index in [4.69, 9.17) is 5.26 Å². The van der Waals surface area contributed by atoms with Crippen molar-refractivity contribution < 1.29 is 8.42 Å². The normalized spacial score (nSPS) is 11.0. The Bertz CT molecular complexity index is 826. The van der Waals surface area contributed by atoms with E-state index in [1.165, 1.54) is 7.05 Å². The van der Waals surface area contributed by atoms with Crippen LogP contribution in [0.2, 0.25) is 0 Å². The summed E-state index contributed by atoms with van der Waals surface area (Å²) in [6, 6.07) is 13.6. The van der Waals surface area contributed by atoms with Crippen molar-refractivity contribution in [2.24, 2.45) is 0 Å².